The van der Waals surface area contributed by atoms with Gasteiger partial charge < -0.3 is 5.73 Å². The summed E-state index contributed by atoms with van der Waals surface area (Å²) in [4.78, 5) is 2.29. The van der Waals surface area contributed by atoms with Crippen LogP contribution in [0.3, 0.4) is 0 Å². The molecule has 1 aliphatic heterocycles. The van der Waals surface area contributed by atoms with E-state index in [1.165, 1.54) is 5.56 Å². The summed E-state index contributed by atoms with van der Waals surface area (Å²) < 4.78 is 0. The third-order valence-electron chi connectivity index (χ3n) is 6.15. The molecule has 0 fully saturated rings. The zero-order valence-electron chi connectivity index (χ0n) is 16.5. The van der Waals surface area contributed by atoms with Crippen molar-refractivity contribution in [3.8, 4) is 18.2 Å². The zero-order chi connectivity index (χ0) is 21.1. The molecule has 0 radical (unpaired) electrons. The number of allylic oxidation sites excluding steroid dienone is 2. The van der Waals surface area contributed by atoms with Gasteiger partial charge in [-0.05, 0) is 16.7 Å². The Morgan fingerprint density at radius 2 is 1.60 bits per heavy atom. The van der Waals surface area contributed by atoms with Crippen molar-refractivity contribution in [2.24, 2.45) is 17.1 Å². The lowest BCUT2D eigenvalue weighted by Crippen LogP contribution is -2.47. The topological polar surface area (TPSA) is 101 Å². The number of hydrogen-bond donors (Lipinski definition) is 1. The van der Waals surface area contributed by atoms with E-state index in [9.17, 15) is 15.8 Å². The van der Waals surface area contributed by atoms with Crippen molar-refractivity contribution < 1.29 is 0 Å². The molecule has 2 N–H and O–H groups in total. The standard InChI is InChI=1S/C25H21N5/c26-13-21-20-11-12-30(14-18-7-3-1-4-8-18)15-22(20)23(19-9-5-2-6-10-19)25(16-27,17-28)24(21)29/h1-11,22-23H,12,14-15,29H2/t22-,23+/m1/s1. The second-order valence-electron chi connectivity index (χ2n) is 7.77. The first-order valence-corrected chi connectivity index (χ1v) is 9.89. The second-order valence-corrected chi connectivity index (χ2v) is 7.77. The minimum Gasteiger partial charge on any atom is -0.399 e. The van der Waals surface area contributed by atoms with E-state index in [0.717, 1.165) is 17.7 Å². The monoisotopic (exact) mass is 391 g/mol. The lowest BCUT2D eigenvalue weighted by atomic mass is 9.58. The summed E-state index contributed by atoms with van der Waals surface area (Å²) in [7, 11) is 0. The summed E-state index contributed by atoms with van der Waals surface area (Å²) in [5.74, 6) is -0.623. The maximum absolute atomic E-state index is 10.1. The van der Waals surface area contributed by atoms with Crippen molar-refractivity contribution in [1.82, 2.24) is 4.90 Å². The quantitative estimate of drug-likeness (QED) is 0.861. The Hall–Kier alpha value is -3.85. The van der Waals surface area contributed by atoms with Gasteiger partial charge in [-0.2, -0.15) is 15.8 Å². The third-order valence-corrected chi connectivity index (χ3v) is 6.15. The highest BCUT2D eigenvalue weighted by Crippen LogP contribution is 2.54. The first kappa shape index (κ1) is 19.5. The fourth-order valence-corrected chi connectivity index (χ4v) is 4.75. The lowest BCUT2D eigenvalue weighted by Gasteiger charge is -2.45. The number of rotatable bonds is 3. The predicted molar refractivity (Wildman–Crippen MR) is 113 cm³/mol. The highest BCUT2D eigenvalue weighted by atomic mass is 15.1. The molecule has 2 aromatic carbocycles. The van der Waals surface area contributed by atoms with Crippen molar-refractivity contribution in [1.29, 1.82) is 15.8 Å². The van der Waals surface area contributed by atoms with Crippen LogP contribution in [0.25, 0.3) is 0 Å². The second kappa shape index (κ2) is 7.88. The van der Waals surface area contributed by atoms with Gasteiger partial charge >= 0.3 is 0 Å². The molecule has 5 heteroatoms. The molecule has 0 saturated carbocycles. The van der Waals surface area contributed by atoms with E-state index >= 15 is 0 Å². The lowest BCUT2D eigenvalue weighted by molar-refractivity contribution is 0.201. The number of nitrogens with two attached hydrogens (primary N) is 1. The van der Waals surface area contributed by atoms with E-state index in [2.05, 4.69) is 35.2 Å². The van der Waals surface area contributed by atoms with Gasteiger partial charge in [-0.3, -0.25) is 4.90 Å². The van der Waals surface area contributed by atoms with E-state index < -0.39 is 11.3 Å². The zero-order valence-corrected chi connectivity index (χ0v) is 16.5. The molecule has 0 bridgehead atoms. The van der Waals surface area contributed by atoms with E-state index in [4.69, 9.17) is 5.73 Å². The van der Waals surface area contributed by atoms with Gasteiger partial charge in [0.05, 0.1) is 23.4 Å². The smallest absolute Gasteiger partial charge is 0.191 e. The van der Waals surface area contributed by atoms with Crippen LogP contribution in [-0.4, -0.2) is 18.0 Å². The van der Waals surface area contributed by atoms with Gasteiger partial charge in [-0.1, -0.05) is 66.7 Å². The van der Waals surface area contributed by atoms with Gasteiger partial charge in [-0.15, -0.1) is 0 Å². The molecule has 5 nitrogen and oxygen atoms in total. The van der Waals surface area contributed by atoms with Crippen molar-refractivity contribution >= 4 is 0 Å². The molecule has 0 spiro atoms. The third kappa shape index (κ3) is 3.05. The summed E-state index contributed by atoms with van der Waals surface area (Å²) >= 11 is 0. The number of fused-ring (bicyclic) bond motifs is 1. The van der Waals surface area contributed by atoms with E-state index in [0.29, 0.717) is 13.1 Å². The fourth-order valence-electron chi connectivity index (χ4n) is 4.75. The van der Waals surface area contributed by atoms with E-state index in [-0.39, 0.29) is 17.2 Å². The molecule has 4 rings (SSSR count). The summed E-state index contributed by atoms with van der Waals surface area (Å²) in [6.07, 6.45) is 2.04. The Morgan fingerprint density at radius 1 is 0.967 bits per heavy atom. The minimum atomic E-state index is -1.58. The first-order chi connectivity index (χ1) is 14.6. The van der Waals surface area contributed by atoms with Crippen LogP contribution in [0.15, 0.2) is 83.6 Å². The van der Waals surface area contributed by atoms with Crippen molar-refractivity contribution in [3.05, 3.63) is 94.7 Å². The van der Waals surface area contributed by atoms with Crippen LogP contribution in [0.1, 0.15) is 17.0 Å². The van der Waals surface area contributed by atoms with Gasteiger partial charge in [0.2, 0.25) is 0 Å². The van der Waals surface area contributed by atoms with Gasteiger partial charge in [0.15, 0.2) is 5.41 Å². The first-order valence-electron chi connectivity index (χ1n) is 9.89. The van der Waals surface area contributed by atoms with Crippen LogP contribution in [0.2, 0.25) is 0 Å². The number of hydrogen-bond acceptors (Lipinski definition) is 5. The van der Waals surface area contributed by atoms with Crippen LogP contribution in [-0.2, 0) is 6.54 Å². The van der Waals surface area contributed by atoms with Crippen molar-refractivity contribution in [2.45, 2.75) is 12.5 Å². The number of benzene rings is 2. The highest BCUT2D eigenvalue weighted by molar-refractivity contribution is 5.59. The highest BCUT2D eigenvalue weighted by Gasteiger charge is 2.54. The minimum absolute atomic E-state index is 0.0721. The number of nitriles is 3. The predicted octanol–water partition coefficient (Wildman–Crippen LogP) is 3.61. The number of nitrogens with zero attached hydrogens (tertiary/aromatic N) is 4. The van der Waals surface area contributed by atoms with Gasteiger partial charge in [0.25, 0.3) is 0 Å². The van der Waals surface area contributed by atoms with Gasteiger partial charge in [0.1, 0.15) is 6.07 Å². The summed E-state index contributed by atoms with van der Waals surface area (Å²) in [5.41, 5.74) is 8.06. The summed E-state index contributed by atoms with van der Waals surface area (Å²) in [5, 5.41) is 30.1. The molecular formula is C25H21N5. The molecular weight excluding hydrogens is 370 g/mol. The average molecular weight is 391 g/mol. The largest absolute Gasteiger partial charge is 0.399 e. The molecule has 1 heterocycles. The maximum Gasteiger partial charge on any atom is 0.191 e. The maximum atomic E-state index is 10.1. The molecule has 30 heavy (non-hydrogen) atoms. The molecule has 0 unspecified atom stereocenters. The fraction of sp³-hybridized carbons (Fsp3) is 0.240. The van der Waals surface area contributed by atoms with Crippen LogP contribution < -0.4 is 5.73 Å². The van der Waals surface area contributed by atoms with Crippen molar-refractivity contribution in [3.63, 3.8) is 0 Å². The van der Waals surface area contributed by atoms with Crippen LogP contribution in [0, 0.1) is 45.3 Å². The normalized spacial score (nSPS) is 22.8. The molecule has 2 aliphatic rings. The molecule has 0 amide bonds. The Morgan fingerprint density at radius 3 is 2.20 bits per heavy atom. The Balaban J connectivity index is 1.83. The molecule has 146 valence electrons. The van der Waals surface area contributed by atoms with Crippen LogP contribution in [0.4, 0.5) is 0 Å². The van der Waals surface area contributed by atoms with Crippen molar-refractivity contribution in [2.75, 3.05) is 13.1 Å². The summed E-state index contributed by atoms with van der Waals surface area (Å²) in [6.45, 7) is 2.09. The molecule has 2 aromatic rings. The van der Waals surface area contributed by atoms with Crippen LogP contribution in [0.5, 0.6) is 0 Å². The molecule has 1 aliphatic carbocycles. The van der Waals surface area contributed by atoms with E-state index in [1.807, 2.05) is 54.6 Å². The summed E-state index contributed by atoms with van der Waals surface area (Å²) in [6, 6.07) is 26.3. The average Bonchev–Trinajstić information content (AvgIpc) is 2.80. The Kier molecular flexibility index (Phi) is 5.11. The molecule has 2 atom stereocenters. The Bertz CT molecular complexity index is 1110. The SMILES string of the molecule is N#CC1=C(N)C(C#N)(C#N)[C@@H](c2ccccc2)[C@@H]2CN(Cc3ccccc3)CC=C12. The van der Waals surface area contributed by atoms with E-state index in [1.54, 1.807) is 0 Å². The van der Waals surface area contributed by atoms with Gasteiger partial charge in [0, 0.05) is 31.5 Å². The molecule has 0 aromatic heterocycles. The Labute approximate surface area is 176 Å². The van der Waals surface area contributed by atoms with Gasteiger partial charge in [-0.25, -0.2) is 0 Å². The van der Waals surface area contributed by atoms with Crippen LogP contribution >= 0.6 is 0 Å². The molecule has 0 saturated heterocycles.